The van der Waals surface area contributed by atoms with Crippen molar-refractivity contribution in [3.8, 4) is 5.75 Å². The van der Waals surface area contributed by atoms with Gasteiger partial charge in [0, 0.05) is 12.1 Å². The number of anilines is 1. The predicted molar refractivity (Wildman–Crippen MR) is 87.8 cm³/mol. The highest BCUT2D eigenvalue weighted by Gasteiger charge is 2.21. The van der Waals surface area contributed by atoms with E-state index in [1.54, 1.807) is 0 Å². The van der Waals surface area contributed by atoms with Crippen molar-refractivity contribution in [3.63, 3.8) is 0 Å². The largest absolute Gasteiger partial charge is 0.495 e. The molecule has 23 heavy (non-hydrogen) atoms. The summed E-state index contributed by atoms with van der Waals surface area (Å²) in [5.41, 5.74) is 1.09. The van der Waals surface area contributed by atoms with Gasteiger partial charge in [0.1, 0.15) is 5.75 Å². The summed E-state index contributed by atoms with van der Waals surface area (Å²) in [4.78, 5) is 22.9. The first-order chi connectivity index (χ1) is 11.1. The minimum absolute atomic E-state index is 0.103. The minimum atomic E-state index is -0.510. The second kappa shape index (κ2) is 7.40. The molecule has 0 saturated heterocycles. The maximum atomic E-state index is 12.6. The Labute approximate surface area is 134 Å². The number of nitrogens with one attached hydrogen (secondary N) is 1. The highest BCUT2D eigenvalue weighted by molar-refractivity contribution is 5.97. The molecule has 1 amide bonds. The van der Waals surface area contributed by atoms with E-state index in [1.165, 1.54) is 25.3 Å². The smallest absolute Gasteiger partial charge is 0.271 e. The van der Waals surface area contributed by atoms with Crippen LogP contribution in [0.15, 0.2) is 48.5 Å². The summed E-state index contributed by atoms with van der Waals surface area (Å²) in [6, 6.07) is 13.5. The molecule has 2 rings (SSSR count). The van der Waals surface area contributed by atoms with Crippen LogP contribution >= 0.6 is 0 Å². The molecule has 0 unspecified atom stereocenters. The fourth-order valence-corrected chi connectivity index (χ4v) is 2.38. The van der Waals surface area contributed by atoms with Gasteiger partial charge >= 0.3 is 0 Å². The van der Waals surface area contributed by atoms with Gasteiger partial charge in [0.25, 0.3) is 5.69 Å². The average Bonchev–Trinajstić information content (AvgIpc) is 2.56. The highest BCUT2D eigenvalue weighted by Crippen LogP contribution is 2.30. The molecule has 0 aliphatic carbocycles. The Bertz CT molecular complexity index is 701. The number of hydrogen-bond acceptors (Lipinski definition) is 4. The Hall–Kier alpha value is -2.89. The summed E-state index contributed by atoms with van der Waals surface area (Å²) >= 11 is 0. The number of non-ortho nitro benzene ring substituents is 1. The van der Waals surface area contributed by atoms with Gasteiger partial charge in [-0.15, -0.1) is 0 Å². The van der Waals surface area contributed by atoms with Crippen molar-refractivity contribution in [2.75, 3.05) is 12.4 Å². The molecule has 0 saturated carbocycles. The maximum absolute atomic E-state index is 12.6. The van der Waals surface area contributed by atoms with Gasteiger partial charge in [0.15, 0.2) is 0 Å². The van der Waals surface area contributed by atoms with Crippen LogP contribution in [0, 0.1) is 10.1 Å². The molecule has 120 valence electrons. The first-order valence-corrected chi connectivity index (χ1v) is 7.25. The van der Waals surface area contributed by atoms with Gasteiger partial charge in [0.05, 0.1) is 23.6 Å². The summed E-state index contributed by atoms with van der Waals surface area (Å²) in [6.07, 6.45) is 0.618. The molecule has 6 heteroatoms. The Balaban J connectivity index is 2.28. The topological polar surface area (TPSA) is 81.5 Å². The predicted octanol–water partition coefficient (Wildman–Crippen LogP) is 3.74. The molecule has 6 nitrogen and oxygen atoms in total. The summed E-state index contributed by atoms with van der Waals surface area (Å²) in [6.45, 7) is 1.92. The number of carbonyl (C=O) groups is 1. The second-order valence-corrected chi connectivity index (χ2v) is 5.00. The lowest BCUT2D eigenvalue weighted by Gasteiger charge is -2.16. The number of methoxy groups -OCH3 is 1. The van der Waals surface area contributed by atoms with Crippen molar-refractivity contribution in [2.45, 2.75) is 19.3 Å². The zero-order valence-electron chi connectivity index (χ0n) is 13.0. The van der Waals surface area contributed by atoms with Crippen molar-refractivity contribution in [1.29, 1.82) is 0 Å². The number of amides is 1. The fourth-order valence-electron chi connectivity index (χ4n) is 2.38. The van der Waals surface area contributed by atoms with E-state index in [0.717, 1.165) is 5.56 Å². The zero-order valence-corrected chi connectivity index (χ0v) is 13.0. The third kappa shape index (κ3) is 3.85. The molecule has 2 aromatic rings. The van der Waals surface area contributed by atoms with Crippen LogP contribution in [0.25, 0.3) is 0 Å². The van der Waals surface area contributed by atoms with Crippen molar-refractivity contribution in [3.05, 3.63) is 64.2 Å². The number of ether oxygens (including phenoxy) is 1. The van der Waals surface area contributed by atoms with Crippen LogP contribution in [-0.4, -0.2) is 17.9 Å². The summed E-state index contributed by atoms with van der Waals surface area (Å²) < 4.78 is 5.16. The summed E-state index contributed by atoms with van der Waals surface area (Å²) in [5.74, 6) is -0.176. The minimum Gasteiger partial charge on any atom is -0.495 e. The molecule has 0 aromatic heterocycles. The van der Waals surface area contributed by atoms with Gasteiger partial charge in [-0.2, -0.15) is 0 Å². The van der Waals surface area contributed by atoms with E-state index < -0.39 is 4.92 Å². The summed E-state index contributed by atoms with van der Waals surface area (Å²) in [5, 5.41) is 13.6. The maximum Gasteiger partial charge on any atom is 0.271 e. The second-order valence-electron chi connectivity index (χ2n) is 5.00. The SMILES string of the molecule is CC[C@@H](C(=O)Nc1cc([N+](=O)[O-])ccc1OC)c1ccccc1. The molecule has 0 radical (unpaired) electrons. The van der Waals surface area contributed by atoms with Crippen molar-refractivity contribution >= 4 is 17.3 Å². The molecule has 0 heterocycles. The summed E-state index contributed by atoms with van der Waals surface area (Å²) in [7, 11) is 1.45. The normalized spacial score (nSPS) is 11.6. The molecule has 0 aliphatic rings. The van der Waals surface area contributed by atoms with E-state index in [1.807, 2.05) is 37.3 Å². The van der Waals surface area contributed by atoms with Gasteiger partial charge in [0.2, 0.25) is 5.91 Å². The first kappa shape index (κ1) is 16.5. The van der Waals surface area contributed by atoms with Gasteiger partial charge in [-0.1, -0.05) is 37.3 Å². The van der Waals surface area contributed by atoms with Crippen LogP contribution in [0.3, 0.4) is 0 Å². The Kier molecular flexibility index (Phi) is 5.30. The number of rotatable bonds is 6. The van der Waals surface area contributed by atoms with Gasteiger partial charge in [-0.25, -0.2) is 0 Å². The van der Waals surface area contributed by atoms with Crippen LogP contribution in [0.2, 0.25) is 0 Å². The van der Waals surface area contributed by atoms with E-state index >= 15 is 0 Å². The third-order valence-corrected chi connectivity index (χ3v) is 3.58. The van der Waals surface area contributed by atoms with Crippen molar-refractivity contribution in [1.82, 2.24) is 0 Å². The number of benzene rings is 2. The molecule has 0 fully saturated rings. The van der Waals surface area contributed by atoms with E-state index in [0.29, 0.717) is 17.9 Å². The molecule has 1 N–H and O–H groups in total. The zero-order chi connectivity index (χ0) is 16.8. The Morgan fingerprint density at radius 2 is 1.96 bits per heavy atom. The monoisotopic (exact) mass is 314 g/mol. The molecule has 0 aliphatic heterocycles. The standard InChI is InChI=1S/C17H18N2O4/c1-3-14(12-7-5-4-6-8-12)17(20)18-15-11-13(19(21)22)9-10-16(15)23-2/h4-11,14H,3H2,1-2H3,(H,18,20)/t14-/m1/s1. The Morgan fingerprint density at radius 1 is 1.26 bits per heavy atom. The number of nitro groups is 1. The quantitative estimate of drug-likeness (QED) is 0.650. The van der Waals surface area contributed by atoms with Gasteiger partial charge < -0.3 is 10.1 Å². The van der Waals surface area contributed by atoms with Crippen molar-refractivity contribution in [2.24, 2.45) is 0 Å². The lowest BCUT2D eigenvalue weighted by molar-refractivity contribution is -0.384. The van der Waals surface area contributed by atoms with Crippen LogP contribution in [0.4, 0.5) is 11.4 Å². The van der Waals surface area contributed by atoms with E-state index in [9.17, 15) is 14.9 Å². The van der Waals surface area contributed by atoms with Crippen LogP contribution in [0.5, 0.6) is 5.75 Å². The van der Waals surface area contributed by atoms with Crippen LogP contribution < -0.4 is 10.1 Å². The van der Waals surface area contributed by atoms with Gasteiger partial charge in [-0.05, 0) is 18.1 Å². The van der Waals surface area contributed by atoms with Crippen molar-refractivity contribution < 1.29 is 14.5 Å². The molecular weight excluding hydrogens is 296 g/mol. The van der Waals surface area contributed by atoms with E-state index in [4.69, 9.17) is 4.74 Å². The van der Waals surface area contributed by atoms with E-state index in [2.05, 4.69) is 5.32 Å². The average molecular weight is 314 g/mol. The first-order valence-electron chi connectivity index (χ1n) is 7.25. The molecular formula is C17H18N2O4. The molecule has 0 spiro atoms. The van der Waals surface area contributed by atoms with Crippen LogP contribution in [-0.2, 0) is 4.79 Å². The lowest BCUT2D eigenvalue weighted by atomic mass is 9.95. The Morgan fingerprint density at radius 3 is 2.52 bits per heavy atom. The highest BCUT2D eigenvalue weighted by atomic mass is 16.6. The molecule has 1 atom stereocenters. The lowest BCUT2D eigenvalue weighted by Crippen LogP contribution is -2.21. The fraction of sp³-hybridized carbons (Fsp3) is 0.235. The van der Waals surface area contributed by atoms with Gasteiger partial charge in [-0.3, -0.25) is 14.9 Å². The molecule has 2 aromatic carbocycles. The number of carbonyl (C=O) groups excluding carboxylic acids is 1. The molecule has 0 bridgehead atoms. The van der Waals surface area contributed by atoms with Crippen LogP contribution in [0.1, 0.15) is 24.8 Å². The number of nitrogens with zero attached hydrogens (tertiary/aromatic N) is 1. The number of hydrogen-bond donors (Lipinski definition) is 1. The number of nitro benzene ring substituents is 1. The third-order valence-electron chi connectivity index (χ3n) is 3.58. The van der Waals surface area contributed by atoms with E-state index in [-0.39, 0.29) is 17.5 Å².